The van der Waals surface area contributed by atoms with Crippen LogP contribution in [0.25, 0.3) is 0 Å². The number of carbonyl (C=O) groups is 2. The zero-order valence-electron chi connectivity index (χ0n) is 10.3. The lowest BCUT2D eigenvalue weighted by atomic mass is 10.3. The summed E-state index contributed by atoms with van der Waals surface area (Å²) in [5.74, 6) is 2.55. The zero-order valence-corrected chi connectivity index (χ0v) is 11.9. The van der Waals surface area contributed by atoms with Crippen molar-refractivity contribution in [3.63, 3.8) is 0 Å². The number of thioether (sulfide) groups is 2. The van der Waals surface area contributed by atoms with E-state index in [1.54, 1.807) is 4.90 Å². The molecule has 2 aliphatic heterocycles. The van der Waals surface area contributed by atoms with E-state index in [0.29, 0.717) is 24.9 Å². The van der Waals surface area contributed by atoms with Crippen molar-refractivity contribution in [2.75, 3.05) is 50.0 Å². The van der Waals surface area contributed by atoms with Gasteiger partial charge in [0.1, 0.15) is 0 Å². The number of carbonyl (C=O) groups excluding carboxylic acids is 2. The molecule has 0 saturated carbocycles. The van der Waals surface area contributed by atoms with Crippen molar-refractivity contribution in [2.24, 2.45) is 0 Å². The van der Waals surface area contributed by atoms with Crippen LogP contribution in [0.2, 0.25) is 0 Å². The highest BCUT2D eigenvalue weighted by molar-refractivity contribution is 8.06. The number of nitrogens with zero attached hydrogens (tertiary/aromatic N) is 1. The molecule has 0 aromatic carbocycles. The van der Waals surface area contributed by atoms with Crippen LogP contribution in [-0.4, -0.2) is 71.9 Å². The van der Waals surface area contributed by atoms with Crippen LogP contribution in [-0.2, 0) is 9.59 Å². The van der Waals surface area contributed by atoms with Gasteiger partial charge >= 0.3 is 11.8 Å². The second-order valence-corrected chi connectivity index (χ2v) is 6.88. The summed E-state index contributed by atoms with van der Waals surface area (Å²) in [6.45, 7) is 3.40. The Morgan fingerprint density at radius 3 is 2.72 bits per heavy atom. The average Bonchev–Trinajstić information content (AvgIpc) is 2.46. The van der Waals surface area contributed by atoms with Gasteiger partial charge in [-0.05, 0) is 0 Å². The van der Waals surface area contributed by atoms with E-state index in [0.717, 1.165) is 24.6 Å². The molecule has 2 fully saturated rings. The van der Waals surface area contributed by atoms with Crippen LogP contribution in [0.15, 0.2) is 0 Å². The minimum atomic E-state index is -0.451. The molecular formula is C11H19N3O2S2. The molecule has 18 heavy (non-hydrogen) atoms. The number of amides is 2. The van der Waals surface area contributed by atoms with Gasteiger partial charge in [0.15, 0.2) is 0 Å². The van der Waals surface area contributed by atoms with Crippen LogP contribution < -0.4 is 10.6 Å². The Kier molecular flexibility index (Phi) is 5.65. The first-order valence-electron chi connectivity index (χ1n) is 6.24. The van der Waals surface area contributed by atoms with Crippen LogP contribution in [0.1, 0.15) is 0 Å². The van der Waals surface area contributed by atoms with E-state index in [-0.39, 0.29) is 5.91 Å². The molecule has 0 aromatic rings. The molecule has 1 unspecified atom stereocenters. The van der Waals surface area contributed by atoms with Gasteiger partial charge in [0, 0.05) is 55.2 Å². The first-order valence-corrected chi connectivity index (χ1v) is 8.45. The van der Waals surface area contributed by atoms with Crippen LogP contribution in [0.5, 0.6) is 0 Å². The van der Waals surface area contributed by atoms with E-state index in [2.05, 4.69) is 10.6 Å². The van der Waals surface area contributed by atoms with Gasteiger partial charge in [-0.2, -0.15) is 23.5 Å². The number of rotatable bonds is 2. The predicted octanol–water partition coefficient (Wildman–Crippen LogP) is -0.617. The van der Waals surface area contributed by atoms with Gasteiger partial charge in [-0.15, -0.1) is 0 Å². The van der Waals surface area contributed by atoms with Crippen molar-refractivity contribution in [2.45, 2.75) is 5.25 Å². The minimum absolute atomic E-state index is 0.384. The summed E-state index contributed by atoms with van der Waals surface area (Å²) in [7, 11) is 0. The number of nitrogens with one attached hydrogen (secondary N) is 2. The van der Waals surface area contributed by atoms with Crippen LogP contribution in [0, 0.1) is 0 Å². The highest BCUT2D eigenvalue weighted by Gasteiger charge is 2.24. The summed E-state index contributed by atoms with van der Waals surface area (Å²) < 4.78 is 0. The number of piperazine rings is 1. The Morgan fingerprint density at radius 2 is 2.06 bits per heavy atom. The van der Waals surface area contributed by atoms with Gasteiger partial charge in [0.05, 0.1) is 0 Å². The van der Waals surface area contributed by atoms with Gasteiger partial charge in [-0.25, -0.2) is 0 Å². The molecule has 2 rings (SSSR count). The first-order chi connectivity index (χ1) is 8.77. The van der Waals surface area contributed by atoms with Gasteiger partial charge in [0.2, 0.25) is 0 Å². The number of hydrogen-bond donors (Lipinski definition) is 2. The standard InChI is InChI=1S/C11H19N3O2S2/c15-10(11(16)14-3-1-12-2-4-14)13-7-9-8-17-5-6-18-9/h9,12H,1-8H2,(H,13,15). The van der Waals surface area contributed by atoms with E-state index in [4.69, 9.17) is 0 Å². The molecule has 0 spiro atoms. The zero-order chi connectivity index (χ0) is 12.8. The Bertz CT molecular complexity index is 303. The van der Waals surface area contributed by atoms with E-state index >= 15 is 0 Å². The Labute approximate surface area is 116 Å². The molecular weight excluding hydrogens is 270 g/mol. The largest absolute Gasteiger partial charge is 0.347 e. The van der Waals surface area contributed by atoms with E-state index in [1.165, 1.54) is 5.75 Å². The fraction of sp³-hybridized carbons (Fsp3) is 0.818. The van der Waals surface area contributed by atoms with Gasteiger partial charge < -0.3 is 15.5 Å². The van der Waals surface area contributed by atoms with Crippen LogP contribution in [0.3, 0.4) is 0 Å². The van der Waals surface area contributed by atoms with Crippen LogP contribution >= 0.6 is 23.5 Å². The molecule has 0 aromatic heterocycles. The molecule has 7 heteroatoms. The molecule has 5 nitrogen and oxygen atoms in total. The Morgan fingerprint density at radius 1 is 1.28 bits per heavy atom. The monoisotopic (exact) mass is 289 g/mol. The van der Waals surface area contributed by atoms with Crippen molar-refractivity contribution in [3.8, 4) is 0 Å². The van der Waals surface area contributed by atoms with Gasteiger partial charge in [0.25, 0.3) is 0 Å². The molecule has 0 aliphatic carbocycles. The lowest BCUT2D eigenvalue weighted by molar-refractivity contribution is -0.146. The van der Waals surface area contributed by atoms with Crippen molar-refractivity contribution >= 4 is 35.3 Å². The predicted molar refractivity (Wildman–Crippen MR) is 76.0 cm³/mol. The third-order valence-electron chi connectivity index (χ3n) is 2.97. The first kappa shape index (κ1) is 14.0. The Hall–Kier alpha value is -0.400. The SMILES string of the molecule is O=C(NCC1CSCCS1)C(=O)N1CCNCC1. The molecule has 2 amide bonds. The molecule has 1 atom stereocenters. The van der Waals surface area contributed by atoms with E-state index in [9.17, 15) is 9.59 Å². The smallest absolute Gasteiger partial charge is 0.311 e. The summed E-state index contributed by atoms with van der Waals surface area (Å²) in [4.78, 5) is 25.2. The molecule has 2 saturated heterocycles. The highest BCUT2D eigenvalue weighted by Crippen LogP contribution is 2.23. The fourth-order valence-electron chi connectivity index (χ4n) is 1.95. The maximum Gasteiger partial charge on any atom is 0.311 e. The third kappa shape index (κ3) is 4.07. The lowest BCUT2D eigenvalue weighted by Gasteiger charge is -2.27. The normalized spacial score (nSPS) is 24.7. The molecule has 2 N–H and O–H groups in total. The number of hydrogen-bond acceptors (Lipinski definition) is 5. The topological polar surface area (TPSA) is 61.4 Å². The van der Waals surface area contributed by atoms with Gasteiger partial charge in [-0.3, -0.25) is 9.59 Å². The minimum Gasteiger partial charge on any atom is -0.347 e. The lowest BCUT2D eigenvalue weighted by Crippen LogP contribution is -2.52. The molecule has 2 heterocycles. The fourth-order valence-corrected chi connectivity index (χ4v) is 4.56. The van der Waals surface area contributed by atoms with Crippen molar-refractivity contribution in [1.82, 2.24) is 15.5 Å². The molecule has 0 radical (unpaired) electrons. The summed E-state index contributed by atoms with van der Waals surface area (Å²) in [6, 6.07) is 0. The van der Waals surface area contributed by atoms with Crippen molar-refractivity contribution in [3.05, 3.63) is 0 Å². The third-order valence-corrected chi connectivity index (χ3v) is 5.82. The maximum atomic E-state index is 11.8. The highest BCUT2D eigenvalue weighted by atomic mass is 32.2. The maximum absolute atomic E-state index is 11.8. The Balaban J connectivity index is 1.71. The van der Waals surface area contributed by atoms with Gasteiger partial charge in [-0.1, -0.05) is 0 Å². The van der Waals surface area contributed by atoms with Crippen molar-refractivity contribution < 1.29 is 9.59 Å². The van der Waals surface area contributed by atoms with Crippen molar-refractivity contribution in [1.29, 1.82) is 0 Å². The molecule has 102 valence electrons. The van der Waals surface area contributed by atoms with Crippen LogP contribution in [0.4, 0.5) is 0 Å². The summed E-state index contributed by atoms with van der Waals surface area (Å²) in [6.07, 6.45) is 0. The molecule has 2 aliphatic rings. The van der Waals surface area contributed by atoms with E-state index in [1.807, 2.05) is 23.5 Å². The second kappa shape index (κ2) is 7.25. The second-order valence-electron chi connectivity index (χ2n) is 4.32. The summed E-state index contributed by atoms with van der Waals surface area (Å²) >= 11 is 3.80. The summed E-state index contributed by atoms with van der Waals surface area (Å²) in [5.41, 5.74) is 0. The molecule has 0 bridgehead atoms. The quantitative estimate of drug-likeness (QED) is 0.664. The average molecular weight is 289 g/mol. The summed E-state index contributed by atoms with van der Waals surface area (Å²) in [5, 5.41) is 6.37. The van der Waals surface area contributed by atoms with E-state index < -0.39 is 5.91 Å².